The van der Waals surface area contributed by atoms with E-state index in [1.54, 1.807) is 51.4 Å². The molecular formula is C16H23I. The van der Waals surface area contributed by atoms with E-state index in [4.69, 9.17) is 0 Å². The summed E-state index contributed by atoms with van der Waals surface area (Å²) in [6.07, 6.45) is 12.8. The van der Waals surface area contributed by atoms with Gasteiger partial charge in [0.25, 0.3) is 0 Å². The van der Waals surface area contributed by atoms with Crippen LogP contribution in [0, 0.1) is 41.4 Å². The molecule has 0 aromatic heterocycles. The van der Waals surface area contributed by atoms with Crippen LogP contribution in [-0.2, 0) is 0 Å². The van der Waals surface area contributed by atoms with E-state index in [9.17, 15) is 0 Å². The van der Waals surface area contributed by atoms with Gasteiger partial charge < -0.3 is 0 Å². The van der Waals surface area contributed by atoms with Crippen molar-refractivity contribution < 1.29 is 0 Å². The summed E-state index contributed by atoms with van der Waals surface area (Å²) in [5.74, 6) is 8.16. The van der Waals surface area contributed by atoms with Crippen molar-refractivity contribution in [3.05, 3.63) is 0 Å². The van der Waals surface area contributed by atoms with Crippen molar-refractivity contribution in [2.24, 2.45) is 41.4 Å². The number of hydrogen-bond donors (Lipinski definition) is 0. The molecule has 0 aromatic carbocycles. The Morgan fingerprint density at radius 2 is 1.41 bits per heavy atom. The average Bonchev–Trinajstić information content (AvgIpc) is 2.94. The highest BCUT2D eigenvalue weighted by Crippen LogP contribution is 2.79. The lowest BCUT2D eigenvalue weighted by Crippen LogP contribution is -2.47. The van der Waals surface area contributed by atoms with E-state index in [0.29, 0.717) is 0 Å². The monoisotopic (exact) mass is 342 g/mol. The Morgan fingerprint density at radius 1 is 0.765 bits per heavy atom. The standard InChI is InChI=1S/C16H23I/c17-16-12-6-5-10-2-1-9(10)3-4-11(7-12)15(16)13-8-14(13)16/h9-15H,1-8H2/t9-,10?,11?,12?,13?,14?,15?,16-/m0/s1. The molecule has 5 aliphatic rings. The second-order valence-electron chi connectivity index (χ2n) is 7.80. The highest BCUT2D eigenvalue weighted by molar-refractivity contribution is 14.1. The van der Waals surface area contributed by atoms with Crippen LogP contribution in [0.2, 0.25) is 0 Å². The molecule has 94 valence electrons. The highest BCUT2D eigenvalue weighted by Gasteiger charge is 2.76. The smallest absolute Gasteiger partial charge is 0.0315 e. The molecule has 8 atom stereocenters. The SMILES string of the molecule is I[C@]12C3CCC4CC[C@H]4CCC(C3)C1C1CC12. The quantitative estimate of drug-likeness (QED) is 0.444. The summed E-state index contributed by atoms with van der Waals surface area (Å²) in [7, 11) is 0. The van der Waals surface area contributed by atoms with E-state index in [-0.39, 0.29) is 0 Å². The molecular weight excluding hydrogens is 319 g/mol. The average molecular weight is 342 g/mol. The maximum absolute atomic E-state index is 2.94. The molecule has 1 heteroatoms. The molecule has 0 heterocycles. The van der Waals surface area contributed by atoms with Gasteiger partial charge in [-0.1, -0.05) is 22.6 Å². The molecule has 0 saturated heterocycles. The molecule has 5 saturated carbocycles. The first kappa shape index (κ1) is 10.5. The number of halogens is 1. The largest absolute Gasteiger partial charge is 0.0779 e. The molecule has 0 nitrogen and oxygen atoms in total. The molecule has 0 N–H and O–H groups in total. The summed E-state index contributed by atoms with van der Waals surface area (Å²) in [5, 5.41) is 0. The van der Waals surface area contributed by atoms with Gasteiger partial charge in [-0.25, -0.2) is 0 Å². The minimum Gasteiger partial charge on any atom is -0.0779 e. The van der Waals surface area contributed by atoms with Crippen LogP contribution in [0.1, 0.15) is 51.4 Å². The third-order valence-corrected chi connectivity index (χ3v) is 9.87. The van der Waals surface area contributed by atoms with Crippen molar-refractivity contribution in [1.82, 2.24) is 0 Å². The molecule has 17 heavy (non-hydrogen) atoms. The Labute approximate surface area is 118 Å². The van der Waals surface area contributed by atoms with E-state index in [2.05, 4.69) is 22.6 Å². The lowest BCUT2D eigenvalue weighted by molar-refractivity contribution is 0.102. The van der Waals surface area contributed by atoms with Crippen molar-refractivity contribution in [2.45, 2.75) is 54.8 Å². The highest BCUT2D eigenvalue weighted by atomic mass is 127. The third kappa shape index (κ3) is 1.17. The second kappa shape index (κ2) is 3.24. The van der Waals surface area contributed by atoms with Crippen LogP contribution in [0.25, 0.3) is 0 Å². The predicted molar refractivity (Wildman–Crippen MR) is 78.1 cm³/mol. The van der Waals surface area contributed by atoms with Crippen LogP contribution in [0.4, 0.5) is 0 Å². The predicted octanol–water partition coefficient (Wildman–Crippen LogP) is 4.66. The van der Waals surface area contributed by atoms with Crippen molar-refractivity contribution >= 4 is 22.6 Å². The van der Waals surface area contributed by atoms with Gasteiger partial charge >= 0.3 is 0 Å². The van der Waals surface area contributed by atoms with Crippen LogP contribution in [-0.4, -0.2) is 3.42 Å². The normalized spacial score (nSPS) is 67.2. The number of alkyl halides is 1. The number of hydrogen-bond acceptors (Lipinski definition) is 0. The van der Waals surface area contributed by atoms with Crippen molar-refractivity contribution in [1.29, 1.82) is 0 Å². The Balaban J connectivity index is 1.45. The first-order valence-corrected chi connectivity index (χ1v) is 9.05. The zero-order valence-corrected chi connectivity index (χ0v) is 12.7. The molecule has 6 unspecified atom stereocenters. The van der Waals surface area contributed by atoms with Gasteiger partial charge in [-0.15, -0.1) is 0 Å². The Kier molecular flexibility index (Phi) is 2.00. The first-order chi connectivity index (χ1) is 8.28. The van der Waals surface area contributed by atoms with Gasteiger partial charge in [0.2, 0.25) is 0 Å². The molecule has 5 aliphatic carbocycles. The van der Waals surface area contributed by atoms with Gasteiger partial charge in [0.05, 0.1) is 0 Å². The molecule has 5 rings (SSSR count). The second-order valence-corrected chi connectivity index (χ2v) is 9.67. The first-order valence-electron chi connectivity index (χ1n) is 7.97. The van der Waals surface area contributed by atoms with Crippen LogP contribution in [0.3, 0.4) is 0 Å². The fourth-order valence-corrected chi connectivity index (χ4v) is 8.69. The van der Waals surface area contributed by atoms with E-state index < -0.39 is 0 Å². The van der Waals surface area contributed by atoms with Crippen molar-refractivity contribution in [3.8, 4) is 0 Å². The van der Waals surface area contributed by atoms with Gasteiger partial charge in [-0.2, -0.15) is 0 Å². The van der Waals surface area contributed by atoms with Crippen LogP contribution in [0.5, 0.6) is 0 Å². The molecule has 0 radical (unpaired) electrons. The van der Waals surface area contributed by atoms with E-state index >= 15 is 0 Å². The summed E-state index contributed by atoms with van der Waals surface area (Å²) in [4.78, 5) is 0. The fourth-order valence-electron chi connectivity index (χ4n) is 6.43. The van der Waals surface area contributed by atoms with Gasteiger partial charge in [-0.05, 0) is 92.8 Å². The topological polar surface area (TPSA) is 0 Å². The maximum atomic E-state index is 2.94. The molecule has 0 aliphatic heterocycles. The van der Waals surface area contributed by atoms with Gasteiger partial charge in [0, 0.05) is 3.42 Å². The molecule has 0 aromatic rings. The Bertz CT molecular complexity index is 365. The zero-order valence-electron chi connectivity index (χ0n) is 10.6. The van der Waals surface area contributed by atoms with Crippen molar-refractivity contribution in [2.75, 3.05) is 0 Å². The van der Waals surface area contributed by atoms with Crippen LogP contribution in [0.15, 0.2) is 0 Å². The van der Waals surface area contributed by atoms with Gasteiger partial charge in [-0.3, -0.25) is 0 Å². The molecule has 5 fully saturated rings. The summed E-state index contributed by atoms with van der Waals surface area (Å²) in [6, 6.07) is 0. The summed E-state index contributed by atoms with van der Waals surface area (Å²) in [6.45, 7) is 0. The molecule has 2 bridgehead atoms. The molecule has 0 amide bonds. The Hall–Kier alpha value is 0.730. The maximum Gasteiger partial charge on any atom is 0.0315 e. The van der Waals surface area contributed by atoms with Crippen LogP contribution >= 0.6 is 22.6 Å². The summed E-state index contributed by atoms with van der Waals surface area (Å²) in [5.41, 5.74) is 0. The zero-order chi connectivity index (χ0) is 11.2. The van der Waals surface area contributed by atoms with Crippen LogP contribution < -0.4 is 0 Å². The van der Waals surface area contributed by atoms with E-state index in [1.807, 2.05) is 0 Å². The molecule has 0 spiro atoms. The van der Waals surface area contributed by atoms with Crippen molar-refractivity contribution in [3.63, 3.8) is 0 Å². The van der Waals surface area contributed by atoms with Gasteiger partial charge in [0.15, 0.2) is 0 Å². The number of fused-ring (bicyclic) bond motifs is 9. The Morgan fingerprint density at radius 3 is 2.18 bits per heavy atom. The summed E-state index contributed by atoms with van der Waals surface area (Å²) < 4.78 is 0.809. The lowest BCUT2D eigenvalue weighted by atomic mass is 9.63. The lowest BCUT2D eigenvalue weighted by Gasteiger charge is -2.47. The van der Waals surface area contributed by atoms with E-state index in [0.717, 1.165) is 27.1 Å². The minimum atomic E-state index is 0.809. The van der Waals surface area contributed by atoms with Gasteiger partial charge in [0.1, 0.15) is 0 Å². The van der Waals surface area contributed by atoms with E-state index in [1.165, 1.54) is 17.8 Å². The third-order valence-electron chi connectivity index (χ3n) is 7.47. The summed E-state index contributed by atoms with van der Waals surface area (Å²) >= 11 is 2.94. The minimum absolute atomic E-state index is 0.809. The number of rotatable bonds is 0. The fraction of sp³-hybridized carbons (Fsp3) is 1.00.